The third-order valence-electron chi connectivity index (χ3n) is 2.31. The van der Waals surface area contributed by atoms with Crippen molar-refractivity contribution in [3.63, 3.8) is 0 Å². The second-order valence-electron chi connectivity index (χ2n) is 3.49. The minimum atomic E-state index is -0.404. The van der Waals surface area contributed by atoms with Crippen molar-refractivity contribution in [2.75, 3.05) is 6.61 Å². The molecule has 17 heavy (non-hydrogen) atoms. The largest absolute Gasteiger partial charge is 0.461 e. The molecule has 1 aromatic heterocycles. The SMILES string of the molecule is CCOC(=O)c1c(C)nnn1-c1ccccc1. The van der Waals surface area contributed by atoms with Crippen LogP contribution in [0.2, 0.25) is 0 Å². The molecule has 0 amide bonds. The minimum Gasteiger partial charge on any atom is -0.461 e. The van der Waals surface area contributed by atoms with E-state index in [0.717, 1.165) is 5.69 Å². The Balaban J connectivity index is 2.46. The van der Waals surface area contributed by atoms with Crippen LogP contribution in [0.3, 0.4) is 0 Å². The van der Waals surface area contributed by atoms with Crippen LogP contribution in [0.4, 0.5) is 0 Å². The molecule has 0 spiro atoms. The van der Waals surface area contributed by atoms with E-state index >= 15 is 0 Å². The number of esters is 1. The fraction of sp³-hybridized carbons (Fsp3) is 0.250. The number of benzene rings is 1. The lowest BCUT2D eigenvalue weighted by Crippen LogP contribution is -2.13. The molecule has 1 heterocycles. The van der Waals surface area contributed by atoms with Gasteiger partial charge in [-0.3, -0.25) is 0 Å². The van der Waals surface area contributed by atoms with Crippen molar-refractivity contribution in [1.82, 2.24) is 15.0 Å². The average molecular weight is 231 g/mol. The molecule has 0 aliphatic rings. The number of para-hydroxylation sites is 1. The van der Waals surface area contributed by atoms with Gasteiger partial charge in [-0.15, -0.1) is 5.10 Å². The smallest absolute Gasteiger partial charge is 0.359 e. The lowest BCUT2D eigenvalue weighted by Gasteiger charge is -2.05. The summed E-state index contributed by atoms with van der Waals surface area (Å²) in [6, 6.07) is 9.37. The Bertz CT molecular complexity index is 520. The lowest BCUT2D eigenvalue weighted by atomic mass is 10.3. The Morgan fingerprint density at radius 2 is 2.06 bits per heavy atom. The summed E-state index contributed by atoms with van der Waals surface area (Å²) in [6.07, 6.45) is 0. The zero-order chi connectivity index (χ0) is 12.3. The number of carbonyl (C=O) groups is 1. The van der Waals surface area contributed by atoms with Gasteiger partial charge in [-0.25, -0.2) is 9.48 Å². The highest BCUT2D eigenvalue weighted by Gasteiger charge is 2.19. The maximum atomic E-state index is 11.8. The summed E-state index contributed by atoms with van der Waals surface area (Å²) in [4.78, 5) is 11.8. The maximum absolute atomic E-state index is 11.8. The fourth-order valence-corrected chi connectivity index (χ4v) is 1.54. The van der Waals surface area contributed by atoms with Gasteiger partial charge in [-0.1, -0.05) is 23.4 Å². The molecule has 0 aliphatic carbocycles. The zero-order valence-corrected chi connectivity index (χ0v) is 9.75. The van der Waals surface area contributed by atoms with E-state index in [1.165, 1.54) is 4.68 Å². The van der Waals surface area contributed by atoms with Crippen LogP contribution < -0.4 is 0 Å². The van der Waals surface area contributed by atoms with Crippen molar-refractivity contribution in [3.8, 4) is 5.69 Å². The van der Waals surface area contributed by atoms with Gasteiger partial charge in [-0.2, -0.15) is 0 Å². The number of aryl methyl sites for hydroxylation is 1. The summed E-state index contributed by atoms with van der Waals surface area (Å²) in [5.41, 5.74) is 1.72. The highest BCUT2D eigenvalue weighted by Crippen LogP contribution is 2.13. The van der Waals surface area contributed by atoms with Crippen LogP contribution in [-0.2, 0) is 4.74 Å². The number of rotatable bonds is 3. The normalized spacial score (nSPS) is 10.2. The molecule has 88 valence electrons. The highest BCUT2D eigenvalue weighted by atomic mass is 16.5. The molecular formula is C12H13N3O2. The fourth-order valence-electron chi connectivity index (χ4n) is 1.54. The molecule has 0 bridgehead atoms. The molecular weight excluding hydrogens is 218 g/mol. The monoisotopic (exact) mass is 231 g/mol. The minimum absolute atomic E-state index is 0.332. The van der Waals surface area contributed by atoms with Crippen molar-refractivity contribution in [2.45, 2.75) is 13.8 Å². The van der Waals surface area contributed by atoms with Crippen molar-refractivity contribution < 1.29 is 9.53 Å². The van der Waals surface area contributed by atoms with Gasteiger partial charge in [0, 0.05) is 0 Å². The van der Waals surface area contributed by atoms with Gasteiger partial charge >= 0.3 is 5.97 Å². The van der Waals surface area contributed by atoms with Crippen molar-refractivity contribution >= 4 is 5.97 Å². The summed E-state index contributed by atoms with van der Waals surface area (Å²) in [7, 11) is 0. The molecule has 0 N–H and O–H groups in total. The number of hydrogen-bond acceptors (Lipinski definition) is 4. The molecule has 0 saturated heterocycles. The van der Waals surface area contributed by atoms with Crippen molar-refractivity contribution in [2.24, 2.45) is 0 Å². The van der Waals surface area contributed by atoms with E-state index in [1.54, 1.807) is 13.8 Å². The Kier molecular flexibility index (Phi) is 3.18. The molecule has 2 rings (SSSR count). The van der Waals surface area contributed by atoms with Crippen molar-refractivity contribution in [3.05, 3.63) is 41.7 Å². The highest BCUT2D eigenvalue weighted by molar-refractivity contribution is 5.89. The van der Waals surface area contributed by atoms with Gasteiger partial charge in [0.25, 0.3) is 0 Å². The van der Waals surface area contributed by atoms with Crippen molar-refractivity contribution in [1.29, 1.82) is 0 Å². The first-order chi connectivity index (χ1) is 8.24. The first-order valence-electron chi connectivity index (χ1n) is 5.39. The number of ether oxygens (including phenoxy) is 1. The van der Waals surface area contributed by atoms with Gasteiger partial charge in [0.2, 0.25) is 0 Å². The van der Waals surface area contributed by atoms with Crippen LogP contribution in [-0.4, -0.2) is 27.6 Å². The van der Waals surface area contributed by atoms with Gasteiger partial charge in [0.15, 0.2) is 5.69 Å². The van der Waals surface area contributed by atoms with Crippen LogP contribution in [0, 0.1) is 6.92 Å². The molecule has 0 aliphatic heterocycles. The molecule has 2 aromatic rings. The molecule has 5 nitrogen and oxygen atoms in total. The third kappa shape index (κ3) is 2.18. The van der Waals surface area contributed by atoms with E-state index in [4.69, 9.17) is 4.74 Å². The average Bonchev–Trinajstić information content (AvgIpc) is 2.73. The summed E-state index contributed by atoms with van der Waals surface area (Å²) >= 11 is 0. The first-order valence-corrected chi connectivity index (χ1v) is 5.39. The summed E-state index contributed by atoms with van der Waals surface area (Å²) in [5, 5.41) is 7.86. The van der Waals surface area contributed by atoms with Gasteiger partial charge in [0.1, 0.15) is 0 Å². The number of hydrogen-bond donors (Lipinski definition) is 0. The quantitative estimate of drug-likeness (QED) is 0.755. The van der Waals surface area contributed by atoms with Gasteiger partial charge < -0.3 is 4.74 Å². The number of aromatic nitrogens is 3. The van der Waals surface area contributed by atoms with E-state index < -0.39 is 5.97 Å². The van der Waals surface area contributed by atoms with Crippen LogP contribution in [0.1, 0.15) is 23.1 Å². The Morgan fingerprint density at radius 3 is 2.71 bits per heavy atom. The van der Waals surface area contributed by atoms with Gasteiger partial charge in [0.05, 0.1) is 18.0 Å². The Hall–Kier alpha value is -2.17. The number of nitrogens with zero attached hydrogens (tertiary/aromatic N) is 3. The van der Waals surface area contributed by atoms with Crippen LogP contribution >= 0.6 is 0 Å². The standard InChI is InChI=1S/C12H13N3O2/c1-3-17-12(16)11-9(2)13-14-15(11)10-7-5-4-6-8-10/h4-8H,3H2,1-2H3. The van der Waals surface area contributed by atoms with E-state index in [0.29, 0.717) is 18.0 Å². The second-order valence-corrected chi connectivity index (χ2v) is 3.49. The van der Waals surface area contributed by atoms with E-state index in [-0.39, 0.29) is 0 Å². The van der Waals surface area contributed by atoms with Crippen LogP contribution in [0.5, 0.6) is 0 Å². The molecule has 0 unspecified atom stereocenters. The van der Waals surface area contributed by atoms with E-state index in [9.17, 15) is 4.79 Å². The summed E-state index contributed by atoms with van der Waals surface area (Å²) in [6.45, 7) is 3.83. The molecule has 1 aromatic carbocycles. The molecule has 0 atom stereocenters. The third-order valence-corrected chi connectivity index (χ3v) is 2.31. The molecule has 0 fully saturated rings. The summed E-state index contributed by atoms with van der Waals surface area (Å²) < 4.78 is 6.48. The van der Waals surface area contributed by atoms with Gasteiger partial charge in [-0.05, 0) is 26.0 Å². The Labute approximate surface area is 99.0 Å². The second kappa shape index (κ2) is 4.78. The molecule has 0 radical (unpaired) electrons. The predicted octanol–water partition coefficient (Wildman–Crippen LogP) is 1.75. The lowest BCUT2D eigenvalue weighted by molar-refractivity contribution is 0.0515. The molecule has 5 heteroatoms. The van der Waals surface area contributed by atoms with Crippen LogP contribution in [0.15, 0.2) is 30.3 Å². The van der Waals surface area contributed by atoms with Crippen LogP contribution in [0.25, 0.3) is 5.69 Å². The number of carbonyl (C=O) groups excluding carboxylic acids is 1. The summed E-state index contributed by atoms with van der Waals surface area (Å²) in [5.74, 6) is -0.404. The maximum Gasteiger partial charge on any atom is 0.359 e. The zero-order valence-electron chi connectivity index (χ0n) is 9.75. The first kappa shape index (κ1) is 11.3. The molecule has 0 saturated carbocycles. The predicted molar refractivity (Wildman–Crippen MR) is 62.1 cm³/mol. The van der Waals surface area contributed by atoms with E-state index in [2.05, 4.69) is 10.3 Å². The Morgan fingerprint density at radius 1 is 1.35 bits per heavy atom. The topological polar surface area (TPSA) is 57.0 Å². The van der Waals surface area contributed by atoms with E-state index in [1.807, 2.05) is 30.3 Å².